The molecule has 2 atom stereocenters. The molecule has 2 aromatic rings. The third-order valence-electron chi connectivity index (χ3n) is 2.51. The normalized spacial score (nSPS) is 24.6. The molecule has 3 rings (SSSR count). The van der Waals surface area contributed by atoms with Crippen LogP contribution in [0.2, 0.25) is 5.15 Å². The van der Waals surface area contributed by atoms with Crippen LogP contribution >= 0.6 is 23.4 Å². The van der Waals surface area contributed by atoms with Gasteiger partial charge in [0.05, 0.1) is 12.9 Å². The fourth-order valence-corrected chi connectivity index (χ4v) is 2.83. The second kappa shape index (κ2) is 4.41. The van der Waals surface area contributed by atoms with Crippen LogP contribution in [0.1, 0.15) is 6.23 Å². The first-order valence-electron chi connectivity index (χ1n) is 5.00. The predicted molar refractivity (Wildman–Crippen MR) is 63.8 cm³/mol. The van der Waals surface area contributed by atoms with Gasteiger partial charge in [0.15, 0.2) is 10.8 Å². The molecular weight excluding hydrogens is 264 g/mol. The van der Waals surface area contributed by atoms with Gasteiger partial charge in [0.25, 0.3) is 0 Å². The molecule has 17 heavy (non-hydrogen) atoms. The number of aromatic nitrogens is 4. The molecule has 1 unspecified atom stereocenters. The van der Waals surface area contributed by atoms with Gasteiger partial charge >= 0.3 is 0 Å². The van der Waals surface area contributed by atoms with E-state index in [4.69, 9.17) is 21.4 Å². The third kappa shape index (κ3) is 1.89. The van der Waals surface area contributed by atoms with Gasteiger partial charge in [-0.25, -0.2) is 15.0 Å². The van der Waals surface area contributed by atoms with Crippen LogP contribution in [0.4, 0.5) is 0 Å². The van der Waals surface area contributed by atoms with Crippen LogP contribution in [0.3, 0.4) is 0 Å². The van der Waals surface area contributed by atoms with E-state index in [0.29, 0.717) is 16.3 Å². The SMILES string of the molecule is OCC1O[C@@H](n2cnc3c(Cl)ncnc32)CS1. The van der Waals surface area contributed by atoms with Gasteiger partial charge in [-0.3, -0.25) is 4.57 Å². The lowest BCUT2D eigenvalue weighted by Crippen LogP contribution is -2.14. The number of nitrogens with zero attached hydrogens (tertiary/aromatic N) is 4. The highest BCUT2D eigenvalue weighted by Crippen LogP contribution is 2.33. The minimum Gasteiger partial charge on any atom is -0.393 e. The first kappa shape index (κ1) is 11.2. The van der Waals surface area contributed by atoms with Crippen molar-refractivity contribution in [3.63, 3.8) is 0 Å². The van der Waals surface area contributed by atoms with E-state index in [9.17, 15) is 0 Å². The Morgan fingerprint density at radius 2 is 2.41 bits per heavy atom. The number of thioether (sulfide) groups is 1. The van der Waals surface area contributed by atoms with Crippen LogP contribution in [0, 0.1) is 0 Å². The van der Waals surface area contributed by atoms with Crippen LogP contribution in [-0.2, 0) is 4.74 Å². The molecule has 8 heteroatoms. The molecule has 1 aliphatic rings. The Labute approximate surface area is 106 Å². The molecule has 1 saturated heterocycles. The van der Waals surface area contributed by atoms with Crippen molar-refractivity contribution in [3.05, 3.63) is 17.8 Å². The van der Waals surface area contributed by atoms with Crippen molar-refractivity contribution in [1.82, 2.24) is 19.5 Å². The number of fused-ring (bicyclic) bond motifs is 1. The highest BCUT2D eigenvalue weighted by atomic mass is 35.5. The number of imidazole rings is 1. The number of halogens is 1. The van der Waals surface area contributed by atoms with Crippen LogP contribution in [-0.4, -0.2) is 42.4 Å². The summed E-state index contributed by atoms with van der Waals surface area (Å²) in [7, 11) is 0. The summed E-state index contributed by atoms with van der Waals surface area (Å²) in [6.45, 7) is 0.00351. The van der Waals surface area contributed by atoms with Crippen molar-refractivity contribution < 1.29 is 9.84 Å². The van der Waals surface area contributed by atoms with E-state index in [1.165, 1.54) is 6.33 Å². The summed E-state index contributed by atoms with van der Waals surface area (Å²) in [4.78, 5) is 12.2. The molecule has 0 amide bonds. The Morgan fingerprint density at radius 1 is 1.53 bits per heavy atom. The molecule has 0 aromatic carbocycles. The fourth-order valence-electron chi connectivity index (χ4n) is 1.72. The Kier molecular flexibility index (Phi) is 2.91. The zero-order chi connectivity index (χ0) is 11.8. The molecular formula is C9H9ClN4O2S. The van der Waals surface area contributed by atoms with Gasteiger partial charge in [-0.1, -0.05) is 11.6 Å². The molecule has 1 aliphatic heterocycles. The third-order valence-corrected chi connectivity index (χ3v) is 3.89. The van der Waals surface area contributed by atoms with Gasteiger partial charge in [0, 0.05) is 5.75 Å². The Bertz CT molecular complexity index is 549. The summed E-state index contributed by atoms with van der Waals surface area (Å²) in [5.74, 6) is 0.748. The summed E-state index contributed by atoms with van der Waals surface area (Å²) in [5, 5.41) is 9.35. The second-order valence-corrected chi connectivity index (χ2v) is 5.08. The number of hydrogen-bond acceptors (Lipinski definition) is 6. The molecule has 2 aromatic heterocycles. The monoisotopic (exact) mass is 272 g/mol. The number of aliphatic hydroxyl groups excluding tert-OH is 1. The lowest BCUT2D eigenvalue weighted by molar-refractivity contribution is -0.00191. The number of aliphatic hydroxyl groups is 1. The van der Waals surface area contributed by atoms with E-state index in [1.54, 1.807) is 18.1 Å². The smallest absolute Gasteiger partial charge is 0.166 e. The minimum atomic E-state index is -0.185. The molecule has 0 spiro atoms. The molecule has 1 N–H and O–H groups in total. The van der Waals surface area contributed by atoms with Gasteiger partial charge in [-0.05, 0) is 0 Å². The molecule has 90 valence electrons. The lowest BCUT2D eigenvalue weighted by atomic mass is 10.5. The highest BCUT2D eigenvalue weighted by Gasteiger charge is 2.28. The standard InChI is InChI=1S/C9H9ClN4O2S/c10-8-7-9(12-3-11-8)14(4-13-7)5-2-17-6(1-15)16-5/h3-6,15H,1-2H2/t5-,6?/m1/s1. The Hall–Kier alpha value is -0.890. The summed E-state index contributed by atoms with van der Waals surface area (Å²) >= 11 is 7.48. The molecule has 0 bridgehead atoms. The summed E-state index contributed by atoms with van der Waals surface area (Å²) in [6, 6.07) is 0. The van der Waals surface area contributed by atoms with Gasteiger partial charge in [0.2, 0.25) is 0 Å². The first-order chi connectivity index (χ1) is 8.29. The van der Waals surface area contributed by atoms with E-state index >= 15 is 0 Å². The van der Waals surface area contributed by atoms with Crippen molar-refractivity contribution in [1.29, 1.82) is 0 Å². The second-order valence-electron chi connectivity index (χ2n) is 3.52. The molecule has 0 aliphatic carbocycles. The van der Waals surface area contributed by atoms with Crippen molar-refractivity contribution >= 4 is 34.5 Å². The van der Waals surface area contributed by atoms with Crippen LogP contribution < -0.4 is 0 Å². The summed E-state index contributed by atoms with van der Waals surface area (Å²) in [6.07, 6.45) is 2.86. The fraction of sp³-hybridized carbons (Fsp3) is 0.444. The summed E-state index contributed by atoms with van der Waals surface area (Å²) in [5.41, 5.74) is 1.03. The molecule has 1 fully saturated rings. The van der Waals surface area contributed by atoms with E-state index in [2.05, 4.69) is 15.0 Å². The quantitative estimate of drug-likeness (QED) is 0.824. The average Bonchev–Trinajstić information content (AvgIpc) is 2.94. The number of rotatable bonds is 2. The zero-order valence-corrected chi connectivity index (χ0v) is 10.2. The first-order valence-corrected chi connectivity index (χ1v) is 6.43. The number of ether oxygens (including phenoxy) is 1. The lowest BCUT2D eigenvalue weighted by Gasteiger charge is -2.12. The van der Waals surface area contributed by atoms with Gasteiger partial charge in [-0.15, -0.1) is 11.8 Å². The Morgan fingerprint density at radius 3 is 3.18 bits per heavy atom. The topological polar surface area (TPSA) is 73.1 Å². The molecule has 3 heterocycles. The van der Waals surface area contributed by atoms with Crippen molar-refractivity contribution in [2.75, 3.05) is 12.4 Å². The van der Waals surface area contributed by atoms with E-state index < -0.39 is 0 Å². The van der Waals surface area contributed by atoms with Crippen molar-refractivity contribution in [2.24, 2.45) is 0 Å². The Balaban J connectivity index is 1.99. The number of hydrogen-bond donors (Lipinski definition) is 1. The van der Waals surface area contributed by atoms with E-state index in [1.807, 2.05) is 4.57 Å². The van der Waals surface area contributed by atoms with Gasteiger partial charge in [0.1, 0.15) is 23.5 Å². The van der Waals surface area contributed by atoms with E-state index in [-0.39, 0.29) is 18.3 Å². The molecule has 0 radical (unpaired) electrons. The minimum absolute atomic E-state index is 0.00351. The largest absolute Gasteiger partial charge is 0.393 e. The van der Waals surface area contributed by atoms with E-state index in [0.717, 1.165) is 5.75 Å². The van der Waals surface area contributed by atoms with Crippen LogP contribution in [0.25, 0.3) is 11.2 Å². The average molecular weight is 273 g/mol. The maximum atomic E-state index is 9.02. The van der Waals surface area contributed by atoms with Crippen molar-refractivity contribution in [3.8, 4) is 0 Å². The van der Waals surface area contributed by atoms with Crippen LogP contribution in [0.5, 0.6) is 0 Å². The summed E-state index contributed by atoms with van der Waals surface area (Å²) < 4.78 is 7.45. The molecule has 6 nitrogen and oxygen atoms in total. The molecule has 0 saturated carbocycles. The van der Waals surface area contributed by atoms with Gasteiger partial charge in [-0.2, -0.15) is 0 Å². The maximum Gasteiger partial charge on any atom is 0.166 e. The van der Waals surface area contributed by atoms with Crippen LogP contribution in [0.15, 0.2) is 12.7 Å². The maximum absolute atomic E-state index is 9.02. The predicted octanol–water partition coefficient (Wildman–Crippen LogP) is 1.06. The highest BCUT2D eigenvalue weighted by molar-refractivity contribution is 8.00. The van der Waals surface area contributed by atoms with Crippen molar-refractivity contribution in [2.45, 2.75) is 11.7 Å². The zero-order valence-electron chi connectivity index (χ0n) is 8.65. The van der Waals surface area contributed by atoms with Gasteiger partial charge < -0.3 is 9.84 Å².